The van der Waals surface area contributed by atoms with Gasteiger partial charge in [0.25, 0.3) is 0 Å². The number of nitrogens with two attached hydrogens (primary N) is 1. The zero-order valence-electron chi connectivity index (χ0n) is 17.3. The summed E-state index contributed by atoms with van der Waals surface area (Å²) >= 11 is 0. The van der Waals surface area contributed by atoms with Gasteiger partial charge in [-0.05, 0) is 18.4 Å². The van der Waals surface area contributed by atoms with Gasteiger partial charge in [0.15, 0.2) is 0 Å². The Morgan fingerprint density at radius 1 is 0.939 bits per heavy atom. The van der Waals surface area contributed by atoms with Crippen LogP contribution in [0.25, 0.3) is 0 Å². The van der Waals surface area contributed by atoms with Crippen molar-refractivity contribution >= 4 is 18.5 Å². The van der Waals surface area contributed by atoms with E-state index >= 15 is 0 Å². The largest absolute Gasteiger partial charge is 0.522 e. The van der Waals surface area contributed by atoms with E-state index in [9.17, 15) is 36.2 Å². The quantitative estimate of drug-likeness (QED) is 0.333. The van der Waals surface area contributed by atoms with E-state index in [4.69, 9.17) is 15.9 Å². The molecule has 0 saturated heterocycles. The smallest absolute Gasteiger partial charge is 0.465 e. The first kappa shape index (κ1) is 33.3. The average Bonchev–Trinajstić information content (AvgIpc) is 2.69. The van der Waals surface area contributed by atoms with Crippen LogP contribution < -0.4 is 5.73 Å². The fourth-order valence-corrected chi connectivity index (χ4v) is 2.21. The van der Waals surface area contributed by atoms with Crippen molar-refractivity contribution in [2.24, 2.45) is 5.73 Å². The lowest BCUT2D eigenvalue weighted by Gasteiger charge is -2.28. The number of ether oxygens (including phenoxy) is 2. The molecule has 0 radical (unpaired) electrons. The summed E-state index contributed by atoms with van der Waals surface area (Å²) < 4.78 is 76.6. The van der Waals surface area contributed by atoms with E-state index in [-0.39, 0.29) is 38.4 Å². The number of aliphatic hydroxyl groups is 2. The van der Waals surface area contributed by atoms with Crippen LogP contribution in [0.15, 0.2) is 30.3 Å². The monoisotopic (exact) mass is 516 g/mol. The maximum atomic E-state index is 11.9. The van der Waals surface area contributed by atoms with Crippen LogP contribution in [0.2, 0.25) is 0 Å². The second-order valence-electron chi connectivity index (χ2n) is 6.34. The molecule has 0 aliphatic rings. The molecule has 0 heterocycles. The normalized spacial score (nSPS) is 13.2. The van der Waals surface area contributed by atoms with Gasteiger partial charge >= 0.3 is 18.8 Å². The van der Waals surface area contributed by atoms with E-state index in [1.54, 1.807) is 30.3 Å². The van der Waals surface area contributed by atoms with Crippen LogP contribution in [-0.4, -0.2) is 77.5 Å². The highest BCUT2D eigenvalue weighted by atomic mass is 35.5. The van der Waals surface area contributed by atoms with Crippen LogP contribution in [-0.2, 0) is 16.0 Å². The number of halogens is 7. The molecule has 194 valence electrons. The Balaban J connectivity index is 0. The Labute approximate surface area is 192 Å². The van der Waals surface area contributed by atoms with E-state index in [1.165, 1.54) is 0 Å². The number of rotatable bonds is 11. The molecular weight excluding hydrogens is 490 g/mol. The van der Waals surface area contributed by atoms with Crippen molar-refractivity contribution in [2.45, 2.75) is 44.2 Å². The van der Waals surface area contributed by atoms with Crippen LogP contribution in [0.1, 0.15) is 18.4 Å². The Hall–Kier alpha value is -1.84. The third-order valence-electron chi connectivity index (χ3n) is 3.80. The summed E-state index contributed by atoms with van der Waals surface area (Å²) in [4.78, 5) is 12.1. The summed E-state index contributed by atoms with van der Waals surface area (Å²) in [7, 11) is 0. The first-order chi connectivity index (χ1) is 14.8. The molecule has 0 aliphatic carbocycles. The van der Waals surface area contributed by atoms with Gasteiger partial charge in [0.2, 0.25) is 0 Å². The highest BCUT2D eigenvalue weighted by Gasteiger charge is 2.31. The third-order valence-corrected chi connectivity index (χ3v) is 3.80. The molecule has 1 aromatic carbocycles. The number of carboxylic acid groups (broad SMARTS) is 1. The van der Waals surface area contributed by atoms with Crippen LogP contribution in [0, 0.1) is 0 Å². The summed E-state index contributed by atoms with van der Waals surface area (Å²) in [6, 6.07) is 6.97. The van der Waals surface area contributed by atoms with Crippen LogP contribution in [0.4, 0.5) is 31.1 Å². The molecule has 2 atom stereocenters. The third kappa shape index (κ3) is 18.3. The number of hydrogen-bond donors (Lipinski definition) is 4. The van der Waals surface area contributed by atoms with Crippen molar-refractivity contribution in [1.82, 2.24) is 4.90 Å². The molecule has 0 aliphatic heterocycles. The SMILES string of the molecule is Cl.N[C@H](CO)CCOC(F)(F)F.O=C(O)N(Cc1ccccc1)[C@H](CO)CCOC(F)(F)F. The summed E-state index contributed by atoms with van der Waals surface area (Å²) in [5.74, 6) is 0. The van der Waals surface area contributed by atoms with Gasteiger partial charge in [0, 0.05) is 12.6 Å². The van der Waals surface area contributed by atoms with Crippen molar-refractivity contribution in [3.63, 3.8) is 0 Å². The lowest BCUT2D eigenvalue weighted by atomic mass is 10.1. The van der Waals surface area contributed by atoms with Gasteiger partial charge in [0.05, 0.1) is 32.5 Å². The molecule has 0 unspecified atom stereocenters. The van der Waals surface area contributed by atoms with E-state index in [0.29, 0.717) is 5.56 Å². The molecule has 33 heavy (non-hydrogen) atoms. The predicted octanol–water partition coefficient (Wildman–Crippen LogP) is 3.11. The standard InChI is InChI=1S/C13H16F3NO4.C5H10F3NO2.ClH/c14-13(15,16)21-7-6-11(9-18)17(12(19)20)8-10-4-2-1-3-5-10;6-5(7,8)11-2-1-4(9)3-10;/h1-5,11,18H,6-9H2,(H,19,20);4,10H,1-3,9H2;1H/t11-;4-;/m00./s1. The molecule has 15 heteroatoms. The van der Waals surface area contributed by atoms with Crippen molar-refractivity contribution < 1.29 is 55.9 Å². The van der Waals surface area contributed by atoms with E-state index in [2.05, 4.69) is 9.47 Å². The summed E-state index contributed by atoms with van der Waals surface area (Å²) in [5, 5.41) is 26.7. The topological polar surface area (TPSA) is 125 Å². The number of alkyl halides is 6. The van der Waals surface area contributed by atoms with Crippen LogP contribution in [0.3, 0.4) is 0 Å². The minimum absolute atomic E-state index is 0. The zero-order chi connectivity index (χ0) is 24.8. The number of aliphatic hydroxyl groups excluding tert-OH is 2. The zero-order valence-corrected chi connectivity index (χ0v) is 18.1. The van der Waals surface area contributed by atoms with Gasteiger partial charge in [0.1, 0.15) is 0 Å². The molecule has 8 nitrogen and oxygen atoms in total. The Bertz CT molecular complexity index is 639. The van der Waals surface area contributed by atoms with Gasteiger partial charge in [-0.2, -0.15) is 0 Å². The summed E-state index contributed by atoms with van der Waals surface area (Å²) in [6.07, 6.45) is -10.9. The Morgan fingerprint density at radius 3 is 1.82 bits per heavy atom. The first-order valence-corrected chi connectivity index (χ1v) is 9.21. The minimum atomic E-state index is -4.77. The number of nitrogens with zero attached hydrogens (tertiary/aromatic N) is 1. The lowest BCUT2D eigenvalue weighted by Crippen LogP contribution is -2.42. The minimum Gasteiger partial charge on any atom is -0.465 e. The van der Waals surface area contributed by atoms with Crippen molar-refractivity contribution in [3.05, 3.63) is 35.9 Å². The summed E-state index contributed by atoms with van der Waals surface area (Å²) in [6.45, 7) is -2.16. The van der Waals surface area contributed by atoms with Crippen molar-refractivity contribution in [3.8, 4) is 0 Å². The number of carbonyl (C=O) groups is 1. The maximum Gasteiger partial charge on any atom is 0.522 e. The second-order valence-corrected chi connectivity index (χ2v) is 6.34. The van der Waals surface area contributed by atoms with Crippen molar-refractivity contribution in [2.75, 3.05) is 26.4 Å². The molecule has 1 rings (SSSR count). The Kier molecular flexibility index (Phi) is 16.9. The highest BCUT2D eigenvalue weighted by molar-refractivity contribution is 5.85. The molecule has 0 bridgehead atoms. The summed E-state index contributed by atoms with van der Waals surface area (Å²) in [5.41, 5.74) is 5.78. The van der Waals surface area contributed by atoms with Gasteiger partial charge in [-0.15, -0.1) is 38.7 Å². The molecule has 5 N–H and O–H groups in total. The van der Waals surface area contributed by atoms with Crippen LogP contribution >= 0.6 is 12.4 Å². The number of hydrogen-bond acceptors (Lipinski definition) is 6. The fraction of sp³-hybridized carbons (Fsp3) is 0.611. The van der Waals surface area contributed by atoms with Gasteiger partial charge < -0.3 is 21.1 Å². The number of amides is 1. The van der Waals surface area contributed by atoms with E-state index in [1.807, 2.05) is 0 Å². The molecule has 0 fully saturated rings. The van der Waals surface area contributed by atoms with Crippen molar-refractivity contribution in [1.29, 1.82) is 0 Å². The second kappa shape index (κ2) is 16.7. The van der Waals surface area contributed by atoms with E-state index < -0.39 is 50.7 Å². The molecular formula is C18H27ClF6N2O6. The molecule has 1 aromatic rings. The molecule has 0 spiro atoms. The molecule has 0 aromatic heterocycles. The maximum absolute atomic E-state index is 11.9. The highest BCUT2D eigenvalue weighted by Crippen LogP contribution is 2.18. The molecule has 1 amide bonds. The first-order valence-electron chi connectivity index (χ1n) is 9.21. The van der Waals surface area contributed by atoms with Crippen LogP contribution in [0.5, 0.6) is 0 Å². The van der Waals surface area contributed by atoms with Gasteiger partial charge in [-0.1, -0.05) is 30.3 Å². The Morgan fingerprint density at radius 2 is 1.42 bits per heavy atom. The lowest BCUT2D eigenvalue weighted by molar-refractivity contribution is -0.326. The number of benzene rings is 1. The van der Waals surface area contributed by atoms with Gasteiger partial charge in [-0.25, -0.2) is 4.79 Å². The molecule has 0 saturated carbocycles. The average molecular weight is 517 g/mol. The van der Waals surface area contributed by atoms with Gasteiger partial charge in [-0.3, -0.25) is 14.4 Å². The fourth-order valence-electron chi connectivity index (χ4n) is 2.21. The predicted molar refractivity (Wildman–Crippen MR) is 106 cm³/mol. The van der Waals surface area contributed by atoms with E-state index in [0.717, 1.165) is 4.90 Å².